The molecule has 1 aromatic carbocycles. The molecule has 1 nitrogen and oxygen atoms in total. The van der Waals surface area contributed by atoms with Crippen LogP contribution in [-0.2, 0) is 0 Å². The monoisotopic (exact) mass is 179 g/mol. The molecule has 0 saturated carbocycles. The Bertz CT molecular complexity index is 294. The van der Waals surface area contributed by atoms with E-state index in [9.17, 15) is 4.39 Å². The van der Waals surface area contributed by atoms with Crippen LogP contribution in [0.25, 0.3) is 0 Å². The van der Waals surface area contributed by atoms with Gasteiger partial charge < -0.3 is 5.32 Å². The number of aryl methyl sites for hydroxylation is 1. The van der Waals surface area contributed by atoms with Crippen LogP contribution in [0.3, 0.4) is 0 Å². The van der Waals surface area contributed by atoms with Crippen LogP contribution in [0.4, 0.5) is 4.39 Å². The summed E-state index contributed by atoms with van der Waals surface area (Å²) in [5, 5.41) is 3.10. The summed E-state index contributed by atoms with van der Waals surface area (Å²) in [5.41, 5.74) is 1.88. The summed E-state index contributed by atoms with van der Waals surface area (Å²) in [4.78, 5) is 0. The number of hydrogen-bond donors (Lipinski definition) is 1. The molecule has 0 amide bonds. The van der Waals surface area contributed by atoms with Gasteiger partial charge in [0.05, 0.1) is 0 Å². The topological polar surface area (TPSA) is 12.0 Å². The lowest BCUT2D eigenvalue weighted by Crippen LogP contribution is -2.45. The molecule has 2 atom stereocenters. The maximum atomic E-state index is 13.8. The van der Waals surface area contributed by atoms with Crippen molar-refractivity contribution >= 4 is 0 Å². The molecule has 0 radical (unpaired) electrons. The molecule has 13 heavy (non-hydrogen) atoms. The highest BCUT2D eigenvalue weighted by Gasteiger charge is 2.28. The van der Waals surface area contributed by atoms with Gasteiger partial charge in [-0.25, -0.2) is 4.39 Å². The van der Waals surface area contributed by atoms with Crippen LogP contribution in [0.15, 0.2) is 24.3 Å². The second-order valence-electron chi connectivity index (χ2n) is 3.61. The van der Waals surface area contributed by atoms with Crippen molar-refractivity contribution in [2.24, 2.45) is 0 Å². The number of benzene rings is 1. The van der Waals surface area contributed by atoms with E-state index in [1.807, 2.05) is 31.2 Å². The summed E-state index contributed by atoms with van der Waals surface area (Å²) in [5.74, 6) is 0. The molecule has 1 aromatic rings. The zero-order valence-corrected chi connectivity index (χ0v) is 7.76. The molecule has 1 aliphatic rings. The number of rotatable bonds is 2. The summed E-state index contributed by atoms with van der Waals surface area (Å²) in [6, 6.07) is 7.72. The minimum absolute atomic E-state index is 0.0427. The Hall–Kier alpha value is -0.890. The third-order valence-corrected chi connectivity index (χ3v) is 2.70. The van der Waals surface area contributed by atoms with Gasteiger partial charge in [-0.3, -0.25) is 0 Å². The molecule has 0 bridgehead atoms. The quantitative estimate of drug-likeness (QED) is 0.735. The highest BCUT2D eigenvalue weighted by atomic mass is 19.1. The van der Waals surface area contributed by atoms with Crippen molar-refractivity contribution < 1.29 is 4.39 Å². The first kappa shape index (κ1) is 8.70. The molecule has 1 saturated heterocycles. The number of hydrogen-bond acceptors (Lipinski definition) is 1. The number of halogens is 1. The second kappa shape index (κ2) is 3.46. The average molecular weight is 179 g/mol. The van der Waals surface area contributed by atoms with Gasteiger partial charge in [-0.2, -0.15) is 0 Å². The van der Waals surface area contributed by atoms with Gasteiger partial charge in [-0.05, 0) is 31.0 Å². The van der Waals surface area contributed by atoms with Gasteiger partial charge in [0, 0.05) is 6.04 Å². The van der Waals surface area contributed by atoms with Gasteiger partial charge in [0.25, 0.3) is 0 Å². The Morgan fingerprint density at radius 1 is 1.46 bits per heavy atom. The standard InChI is InChI=1S/C11H14FN/c1-8-4-2-3-5-9(8)11(12)10-6-7-13-10/h2-5,10-11,13H,6-7H2,1H3. The van der Waals surface area contributed by atoms with E-state index in [2.05, 4.69) is 5.32 Å². The molecule has 1 fully saturated rings. The smallest absolute Gasteiger partial charge is 0.141 e. The first-order valence-electron chi connectivity index (χ1n) is 4.72. The third-order valence-electron chi connectivity index (χ3n) is 2.70. The largest absolute Gasteiger partial charge is 0.311 e. The maximum Gasteiger partial charge on any atom is 0.141 e. The SMILES string of the molecule is Cc1ccccc1C(F)C1CCN1. The van der Waals surface area contributed by atoms with Crippen LogP contribution in [0.1, 0.15) is 23.7 Å². The van der Waals surface area contributed by atoms with Crippen molar-refractivity contribution in [2.75, 3.05) is 6.54 Å². The zero-order valence-electron chi connectivity index (χ0n) is 7.76. The van der Waals surface area contributed by atoms with Crippen molar-refractivity contribution in [3.05, 3.63) is 35.4 Å². The molecule has 70 valence electrons. The van der Waals surface area contributed by atoms with Crippen LogP contribution < -0.4 is 5.32 Å². The molecule has 0 spiro atoms. The predicted molar refractivity (Wildman–Crippen MR) is 51.4 cm³/mol. The van der Waals surface area contributed by atoms with E-state index >= 15 is 0 Å². The van der Waals surface area contributed by atoms with Crippen LogP contribution in [-0.4, -0.2) is 12.6 Å². The maximum absolute atomic E-state index is 13.8. The summed E-state index contributed by atoms with van der Waals surface area (Å²) in [6.07, 6.45) is 0.116. The van der Waals surface area contributed by atoms with E-state index in [1.54, 1.807) is 0 Å². The lowest BCUT2D eigenvalue weighted by Gasteiger charge is -2.31. The van der Waals surface area contributed by atoms with Crippen molar-refractivity contribution in [3.8, 4) is 0 Å². The predicted octanol–water partition coefficient (Wildman–Crippen LogP) is 2.37. The fraction of sp³-hybridized carbons (Fsp3) is 0.455. The highest BCUT2D eigenvalue weighted by Crippen LogP contribution is 2.28. The fourth-order valence-corrected chi connectivity index (χ4v) is 1.67. The van der Waals surface area contributed by atoms with Gasteiger partial charge in [0.2, 0.25) is 0 Å². The van der Waals surface area contributed by atoms with Gasteiger partial charge in [-0.15, -0.1) is 0 Å². The third kappa shape index (κ3) is 1.59. The molecule has 1 aliphatic heterocycles. The van der Waals surface area contributed by atoms with E-state index < -0.39 is 6.17 Å². The molecule has 2 unspecified atom stereocenters. The Kier molecular flexibility index (Phi) is 2.32. The highest BCUT2D eigenvalue weighted by molar-refractivity contribution is 5.29. The average Bonchev–Trinajstić information content (AvgIpc) is 2.01. The normalized spacial score (nSPS) is 23.7. The molecule has 1 heterocycles. The van der Waals surface area contributed by atoms with E-state index in [1.165, 1.54) is 0 Å². The Morgan fingerprint density at radius 3 is 2.69 bits per heavy atom. The van der Waals surface area contributed by atoms with E-state index in [0.717, 1.165) is 24.1 Å². The molecule has 0 aliphatic carbocycles. The van der Waals surface area contributed by atoms with Gasteiger partial charge in [-0.1, -0.05) is 24.3 Å². The van der Waals surface area contributed by atoms with E-state index in [0.29, 0.717) is 0 Å². The molecule has 2 heteroatoms. The van der Waals surface area contributed by atoms with Crippen LogP contribution in [0, 0.1) is 6.92 Å². The lowest BCUT2D eigenvalue weighted by molar-refractivity contribution is 0.194. The van der Waals surface area contributed by atoms with Crippen LogP contribution in [0.5, 0.6) is 0 Å². The van der Waals surface area contributed by atoms with Gasteiger partial charge >= 0.3 is 0 Å². The number of nitrogens with one attached hydrogen (secondary N) is 1. The van der Waals surface area contributed by atoms with Crippen molar-refractivity contribution in [2.45, 2.75) is 25.6 Å². The second-order valence-corrected chi connectivity index (χ2v) is 3.61. The first-order chi connectivity index (χ1) is 6.29. The Balaban J connectivity index is 2.18. The van der Waals surface area contributed by atoms with Crippen molar-refractivity contribution in [1.82, 2.24) is 5.32 Å². The molecule has 2 rings (SSSR count). The van der Waals surface area contributed by atoms with E-state index in [-0.39, 0.29) is 6.04 Å². The zero-order chi connectivity index (χ0) is 9.26. The van der Waals surface area contributed by atoms with Gasteiger partial charge in [0.1, 0.15) is 6.17 Å². The molecule has 0 aromatic heterocycles. The first-order valence-corrected chi connectivity index (χ1v) is 4.72. The minimum Gasteiger partial charge on any atom is -0.311 e. The van der Waals surface area contributed by atoms with Crippen LogP contribution >= 0.6 is 0 Å². The summed E-state index contributed by atoms with van der Waals surface area (Å²) in [6.45, 7) is 2.91. The fourth-order valence-electron chi connectivity index (χ4n) is 1.67. The number of alkyl halides is 1. The molecule has 1 N–H and O–H groups in total. The molecular formula is C11H14FN. The Morgan fingerprint density at radius 2 is 2.15 bits per heavy atom. The summed E-state index contributed by atoms with van der Waals surface area (Å²) >= 11 is 0. The minimum atomic E-state index is -0.838. The lowest BCUT2D eigenvalue weighted by atomic mass is 9.93. The van der Waals surface area contributed by atoms with Crippen molar-refractivity contribution in [3.63, 3.8) is 0 Å². The van der Waals surface area contributed by atoms with Gasteiger partial charge in [0.15, 0.2) is 0 Å². The summed E-state index contributed by atoms with van der Waals surface area (Å²) < 4.78 is 13.8. The van der Waals surface area contributed by atoms with Crippen molar-refractivity contribution in [1.29, 1.82) is 0 Å². The van der Waals surface area contributed by atoms with Crippen LogP contribution in [0.2, 0.25) is 0 Å². The Labute approximate surface area is 78.0 Å². The summed E-state index contributed by atoms with van der Waals surface area (Å²) in [7, 11) is 0. The van der Waals surface area contributed by atoms with E-state index in [4.69, 9.17) is 0 Å². The molecular weight excluding hydrogens is 165 g/mol.